The number of hydrogen-bond acceptors (Lipinski definition) is 2. The predicted octanol–water partition coefficient (Wildman–Crippen LogP) is 2.79. The third kappa shape index (κ3) is 2.05. The molecule has 1 aliphatic heterocycles. The van der Waals surface area contributed by atoms with Gasteiger partial charge in [0.25, 0.3) is 0 Å². The number of aryl methyl sites for hydroxylation is 1. The van der Waals surface area contributed by atoms with E-state index < -0.39 is 6.10 Å². The van der Waals surface area contributed by atoms with Crippen LogP contribution in [-0.2, 0) is 0 Å². The van der Waals surface area contributed by atoms with Crippen LogP contribution in [0, 0.1) is 12.7 Å². The molecule has 1 fully saturated rings. The fraction of sp³-hybridized carbons (Fsp3) is 0.538. The number of hydrogen-bond donors (Lipinski definition) is 1. The summed E-state index contributed by atoms with van der Waals surface area (Å²) in [6.07, 6.45) is 1.73. The lowest BCUT2D eigenvalue weighted by Gasteiger charge is -2.23. The van der Waals surface area contributed by atoms with E-state index in [4.69, 9.17) is 0 Å². The van der Waals surface area contributed by atoms with Crippen molar-refractivity contribution in [2.75, 3.05) is 18.0 Å². The summed E-state index contributed by atoms with van der Waals surface area (Å²) in [7, 11) is 0. The Balaban J connectivity index is 2.44. The second-order valence-corrected chi connectivity index (χ2v) is 4.53. The molecule has 1 atom stereocenters. The zero-order chi connectivity index (χ0) is 11.7. The van der Waals surface area contributed by atoms with Gasteiger partial charge in [-0.2, -0.15) is 0 Å². The minimum atomic E-state index is -0.620. The summed E-state index contributed by atoms with van der Waals surface area (Å²) in [4.78, 5) is 2.23. The highest BCUT2D eigenvalue weighted by Gasteiger charge is 2.19. The second-order valence-electron chi connectivity index (χ2n) is 4.53. The molecule has 0 bridgehead atoms. The Morgan fingerprint density at radius 3 is 2.50 bits per heavy atom. The van der Waals surface area contributed by atoms with Gasteiger partial charge in [-0.05, 0) is 44.4 Å². The monoisotopic (exact) mass is 223 g/mol. The van der Waals surface area contributed by atoms with Crippen LogP contribution in [0.2, 0.25) is 0 Å². The van der Waals surface area contributed by atoms with Gasteiger partial charge in [0.15, 0.2) is 0 Å². The van der Waals surface area contributed by atoms with E-state index >= 15 is 0 Å². The van der Waals surface area contributed by atoms with Crippen molar-refractivity contribution in [2.24, 2.45) is 0 Å². The minimum absolute atomic E-state index is 0.237. The minimum Gasteiger partial charge on any atom is -0.389 e. The van der Waals surface area contributed by atoms with Crippen molar-refractivity contribution in [1.82, 2.24) is 0 Å². The van der Waals surface area contributed by atoms with Crippen LogP contribution in [0.4, 0.5) is 10.1 Å². The quantitative estimate of drug-likeness (QED) is 0.833. The van der Waals surface area contributed by atoms with E-state index in [1.165, 1.54) is 18.9 Å². The normalized spacial score (nSPS) is 17.9. The number of nitrogens with zero attached hydrogens (tertiary/aromatic N) is 1. The molecule has 0 aromatic heterocycles. The highest BCUT2D eigenvalue weighted by molar-refractivity contribution is 5.57. The molecule has 2 nitrogen and oxygen atoms in total. The summed E-state index contributed by atoms with van der Waals surface area (Å²) in [5.41, 5.74) is 2.34. The maximum Gasteiger partial charge on any atom is 0.126 e. The molecular weight excluding hydrogens is 205 g/mol. The van der Waals surface area contributed by atoms with Crippen molar-refractivity contribution in [3.05, 3.63) is 29.1 Å². The predicted molar refractivity (Wildman–Crippen MR) is 63.2 cm³/mol. The Morgan fingerprint density at radius 2 is 1.94 bits per heavy atom. The highest BCUT2D eigenvalue weighted by Crippen LogP contribution is 2.31. The molecule has 1 N–H and O–H groups in total. The Hall–Kier alpha value is -1.09. The van der Waals surface area contributed by atoms with Gasteiger partial charge < -0.3 is 10.0 Å². The van der Waals surface area contributed by atoms with E-state index in [1.807, 2.05) is 6.07 Å². The first kappa shape index (κ1) is 11.4. The summed E-state index contributed by atoms with van der Waals surface area (Å²) < 4.78 is 13.5. The van der Waals surface area contributed by atoms with Gasteiger partial charge in [-0.3, -0.25) is 0 Å². The maximum atomic E-state index is 13.5. The summed E-state index contributed by atoms with van der Waals surface area (Å²) in [6.45, 7) is 5.46. The van der Waals surface area contributed by atoms with Gasteiger partial charge in [-0.25, -0.2) is 4.39 Å². The average molecular weight is 223 g/mol. The van der Waals surface area contributed by atoms with Gasteiger partial charge in [0, 0.05) is 24.3 Å². The van der Waals surface area contributed by atoms with Crippen LogP contribution in [0.5, 0.6) is 0 Å². The van der Waals surface area contributed by atoms with E-state index in [1.54, 1.807) is 13.8 Å². The number of aliphatic hydroxyl groups excluding tert-OH is 1. The molecule has 0 saturated carbocycles. The van der Waals surface area contributed by atoms with E-state index in [0.717, 1.165) is 18.8 Å². The third-order valence-corrected chi connectivity index (χ3v) is 3.20. The fourth-order valence-corrected chi connectivity index (χ4v) is 2.25. The molecule has 1 saturated heterocycles. The van der Waals surface area contributed by atoms with Crippen LogP contribution in [0.3, 0.4) is 0 Å². The molecule has 3 heteroatoms. The standard InChI is InChI=1S/C13H18FNO/c1-9-7-13(15-5-3-4-6-15)11(10(2)16)8-12(9)14/h7-8,10,16H,3-6H2,1-2H3. The fourth-order valence-electron chi connectivity index (χ4n) is 2.25. The lowest BCUT2D eigenvalue weighted by Crippen LogP contribution is -2.20. The summed E-state index contributed by atoms with van der Waals surface area (Å²) in [6, 6.07) is 3.32. The number of halogens is 1. The third-order valence-electron chi connectivity index (χ3n) is 3.20. The summed E-state index contributed by atoms with van der Waals surface area (Å²) in [5, 5.41) is 9.69. The van der Waals surface area contributed by atoms with E-state index in [9.17, 15) is 9.50 Å². The molecule has 0 aliphatic carbocycles. The SMILES string of the molecule is Cc1cc(N2CCCC2)c(C(C)O)cc1F. The van der Waals surface area contributed by atoms with Gasteiger partial charge in [-0.1, -0.05) is 0 Å². The number of aliphatic hydroxyl groups is 1. The van der Waals surface area contributed by atoms with E-state index in [0.29, 0.717) is 11.1 Å². The molecule has 16 heavy (non-hydrogen) atoms. The lowest BCUT2D eigenvalue weighted by atomic mass is 10.0. The Bertz CT molecular complexity index is 384. The largest absolute Gasteiger partial charge is 0.389 e. The first-order valence-corrected chi connectivity index (χ1v) is 5.82. The smallest absolute Gasteiger partial charge is 0.126 e. The van der Waals surface area contributed by atoms with Crippen molar-refractivity contribution in [2.45, 2.75) is 32.8 Å². The maximum absolute atomic E-state index is 13.5. The van der Waals surface area contributed by atoms with Crippen LogP contribution in [-0.4, -0.2) is 18.2 Å². The highest BCUT2D eigenvalue weighted by atomic mass is 19.1. The van der Waals surface area contributed by atoms with Gasteiger partial charge in [0.05, 0.1) is 6.10 Å². The van der Waals surface area contributed by atoms with Crippen LogP contribution < -0.4 is 4.90 Å². The lowest BCUT2D eigenvalue weighted by molar-refractivity contribution is 0.199. The van der Waals surface area contributed by atoms with E-state index in [2.05, 4.69) is 4.90 Å². The molecule has 1 unspecified atom stereocenters. The molecule has 88 valence electrons. The van der Waals surface area contributed by atoms with Gasteiger partial charge in [0.1, 0.15) is 5.82 Å². The summed E-state index contributed by atoms with van der Waals surface area (Å²) in [5.74, 6) is -0.237. The van der Waals surface area contributed by atoms with Crippen molar-refractivity contribution in [3.63, 3.8) is 0 Å². The molecule has 1 heterocycles. The molecule has 0 amide bonds. The Morgan fingerprint density at radius 1 is 1.31 bits per heavy atom. The molecule has 1 aromatic rings. The van der Waals surface area contributed by atoms with Crippen molar-refractivity contribution in [1.29, 1.82) is 0 Å². The molecule has 2 rings (SSSR count). The molecule has 1 aliphatic rings. The van der Waals surface area contributed by atoms with Crippen LogP contribution >= 0.6 is 0 Å². The van der Waals surface area contributed by atoms with Gasteiger partial charge in [-0.15, -0.1) is 0 Å². The number of rotatable bonds is 2. The topological polar surface area (TPSA) is 23.5 Å². The number of anilines is 1. The van der Waals surface area contributed by atoms with Gasteiger partial charge in [0.2, 0.25) is 0 Å². The van der Waals surface area contributed by atoms with Gasteiger partial charge >= 0.3 is 0 Å². The van der Waals surface area contributed by atoms with Crippen molar-refractivity contribution < 1.29 is 9.50 Å². The Labute approximate surface area is 95.7 Å². The first-order chi connectivity index (χ1) is 7.59. The second kappa shape index (κ2) is 4.42. The molecule has 0 spiro atoms. The van der Waals surface area contributed by atoms with Crippen LogP contribution in [0.25, 0.3) is 0 Å². The van der Waals surface area contributed by atoms with E-state index in [-0.39, 0.29) is 5.82 Å². The average Bonchev–Trinajstić information content (AvgIpc) is 2.74. The number of benzene rings is 1. The summed E-state index contributed by atoms with van der Waals surface area (Å²) >= 11 is 0. The van der Waals surface area contributed by atoms with Crippen molar-refractivity contribution in [3.8, 4) is 0 Å². The molecule has 0 radical (unpaired) electrons. The van der Waals surface area contributed by atoms with Crippen molar-refractivity contribution >= 4 is 5.69 Å². The Kier molecular flexibility index (Phi) is 3.15. The zero-order valence-electron chi connectivity index (χ0n) is 9.83. The molecular formula is C13H18FNO. The first-order valence-electron chi connectivity index (χ1n) is 5.82. The van der Waals surface area contributed by atoms with Crippen LogP contribution in [0.15, 0.2) is 12.1 Å². The molecule has 1 aromatic carbocycles. The zero-order valence-corrected chi connectivity index (χ0v) is 9.83. The van der Waals surface area contributed by atoms with Crippen LogP contribution in [0.1, 0.15) is 37.0 Å².